The fourth-order valence-corrected chi connectivity index (χ4v) is 5.65. The van der Waals surface area contributed by atoms with Crippen molar-refractivity contribution < 1.29 is 22.3 Å². The highest BCUT2D eigenvalue weighted by molar-refractivity contribution is 7.92. The van der Waals surface area contributed by atoms with E-state index in [-0.39, 0.29) is 27.3 Å². The number of hydrogen-bond donors (Lipinski definition) is 0. The minimum Gasteiger partial charge on any atom is -0.495 e. The number of piperazine rings is 1. The van der Waals surface area contributed by atoms with Crippen LogP contribution in [0.1, 0.15) is 0 Å². The molecule has 3 aromatic carbocycles. The van der Waals surface area contributed by atoms with Crippen LogP contribution in [0, 0.1) is 5.82 Å². The molecule has 1 amide bonds. The van der Waals surface area contributed by atoms with Crippen LogP contribution in [0.3, 0.4) is 0 Å². The van der Waals surface area contributed by atoms with Gasteiger partial charge in [-0.25, -0.2) is 12.8 Å². The number of amides is 1. The van der Waals surface area contributed by atoms with Gasteiger partial charge in [0.15, 0.2) is 0 Å². The second kappa shape index (κ2) is 10.5. The van der Waals surface area contributed by atoms with E-state index in [4.69, 9.17) is 16.3 Å². The number of para-hydroxylation sites is 1. The molecule has 184 valence electrons. The van der Waals surface area contributed by atoms with Crippen LogP contribution in [-0.2, 0) is 14.8 Å². The molecular formula is C25H25ClFN3O4S. The van der Waals surface area contributed by atoms with Crippen LogP contribution in [0.15, 0.2) is 77.7 Å². The zero-order valence-corrected chi connectivity index (χ0v) is 20.7. The molecule has 0 spiro atoms. The average Bonchev–Trinajstić information content (AvgIpc) is 2.88. The Labute approximate surface area is 209 Å². The molecule has 0 unspecified atom stereocenters. The summed E-state index contributed by atoms with van der Waals surface area (Å²) >= 11 is 6.26. The highest BCUT2D eigenvalue weighted by Gasteiger charge is 2.31. The molecule has 1 aliphatic rings. The predicted octanol–water partition coefficient (Wildman–Crippen LogP) is 4.03. The zero-order valence-electron chi connectivity index (χ0n) is 19.1. The average molecular weight is 518 g/mol. The van der Waals surface area contributed by atoms with Gasteiger partial charge in [0.1, 0.15) is 18.1 Å². The minimum absolute atomic E-state index is 0.0594. The molecule has 10 heteroatoms. The lowest BCUT2D eigenvalue weighted by atomic mass is 10.2. The van der Waals surface area contributed by atoms with Gasteiger partial charge >= 0.3 is 0 Å². The van der Waals surface area contributed by atoms with Crippen molar-refractivity contribution in [3.63, 3.8) is 0 Å². The molecule has 1 saturated heterocycles. The Morgan fingerprint density at radius 2 is 1.66 bits per heavy atom. The Morgan fingerprint density at radius 1 is 1.00 bits per heavy atom. The number of carbonyl (C=O) groups is 1. The summed E-state index contributed by atoms with van der Waals surface area (Å²) in [4.78, 5) is 16.8. The number of nitrogens with zero attached hydrogens (tertiary/aromatic N) is 3. The van der Waals surface area contributed by atoms with Gasteiger partial charge in [-0.1, -0.05) is 41.9 Å². The van der Waals surface area contributed by atoms with Gasteiger partial charge in [-0.3, -0.25) is 9.10 Å². The quantitative estimate of drug-likeness (QED) is 0.473. The summed E-state index contributed by atoms with van der Waals surface area (Å²) < 4.78 is 47.4. The Hall–Kier alpha value is -3.30. The van der Waals surface area contributed by atoms with E-state index >= 15 is 0 Å². The molecule has 0 radical (unpaired) electrons. The number of methoxy groups -OCH3 is 1. The monoisotopic (exact) mass is 517 g/mol. The second-order valence-corrected chi connectivity index (χ2v) is 10.2. The van der Waals surface area contributed by atoms with Crippen molar-refractivity contribution in [1.82, 2.24) is 4.90 Å². The van der Waals surface area contributed by atoms with Crippen LogP contribution in [0.2, 0.25) is 5.02 Å². The van der Waals surface area contributed by atoms with Crippen molar-refractivity contribution in [3.05, 3.63) is 83.6 Å². The summed E-state index contributed by atoms with van der Waals surface area (Å²) in [6.45, 7) is 1.16. The number of benzene rings is 3. The SMILES string of the molecule is COc1ccc(N(CC(=O)N2CCN(c3ccccc3F)CC2)S(=O)(=O)c2ccccc2)cc1Cl. The number of ether oxygens (including phenoxy) is 1. The summed E-state index contributed by atoms with van der Waals surface area (Å²) in [6.07, 6.45) is 0. The summed E-state index contributed by atoms with van der Waals surface area (Å²) in [6, 6.07) is 19.0. The van der Waals surface area contributed by atoms with E-state index in [1.807, 2.05) is 4.90 Å². The minimum atomic E-state index is -4.06. The lowest BCUT2D eigenvalue weighted by molar-refractivity contribution is -0.129. The van der Waals surface area contributed by atoms with E-state index in [1.54, 1.807) is 53.4 Å². The first-order valence-electron chi connectivity index (χ1n) is 11.0. The summed E-state index contributed by atoms with van der Waals surface area (Å²) in [5.41, 5.74) is 0.735. The van der Waals surface area contributed by atoms with Gasteiger partial charge in [0.05, 0.1) is 28.4 Å². The van der Waals surface area contributed by atoms with Gasteiger partial charge in [-0.2, -0.15) is 0 Å². The molecule has 4 rings (SSSR count). The highest BCUT2D eigenvalue weighted by atomic mass is 35.5. The van der Waals surface area contributed by atoms with Crippen molar-refractivity contribution in [2.45, 2.75) is 4.90 Å². The third-order valence-corrected chi connectivity index (χ3v) is 7.94. The maximum atomic E-state index is 14.2. The largest absolute Gasteiger partial charge is 0.495 e. The molecule has 1 aliphatic heterocycles. The smallest absolute Gasteiger partial charge is 0.264 e. The van der Waals surface area contributed by atoms with Crippen LogP contribution in [0.4, 0.5) is 15.8 Å². The van der Waals surface area contributed by atoms with E-state index in [9.17, 15) is 17.6 Å². The Morgan fingerprint density at radius 3 is 2.29 bits per heavy atom. The fourth-order valence-electron chi connectivity index (χ4n) is 3.97. The number of sulfonamides is 1. The summed E-state index contributed by atoms with van der Waals surface area (Å²) in [5.74, 6) is -0.281. The number of rotatable bonds is 7. The fraction of sp³-hybridized carbons (Fsp3) is 0.240. The second-order valence-electron chi connectivity index (χ2n) is 7.96. The first-order valence-corrected chi connectivity index (χ1v) is 12.8. The van der Waals surface area contributed by atoms with Crippen molar-refractivity contribution in [3.8, 4) is 5.75 Å². The predicted molar refractivity (Wildman–Crippen MR) is 134 cm³/mol. The molecule has 0 saturated carbocycles. The van der Waals surface area contributed by atoms with Gasteiger partial charge in [0, 0.05) is 26.2 Å². The normalized spacial score (nSPS) is 14.0. The van der Waals surface area contributed by atoms with Gasteiger partial charge in [0.25, 0.3) is 10.0 Å². The molecule has 0 bridgehead atoms. The first-order chi connectivity index (χ1) is 16.8. The number of anilines is 2. The zero-order chi connectivity index (χ0) is 25.0. The van der Waals surface area contributed by atoms with Crippen LogP contribution in [-0.4, -0.2) is 59.1 Å². The van der Waals surface area contributed by atoms with Crippen molar-refractivity contribution in [1.29, 1.82) is 0 Å². The van der Waals surface area contributed by atoms with Crippen molar-refractivity contribution in [2.24, 2.45) is 0 Å². The summed E-state index contributed by atoms with van der Waals surface area (Å²) in [5, 5.41) is 0.226. The van der Waals surface area contributed by atoms with Crippen LogP contribution < -0.4 is 13.9 Å². The van der Waals surface area contributed by atoms with E-state index in [2.05, 4.69) is 0 Å². The number of carbonyl (C=O) groups excluding carboxylic acids is 1. The molecule has 0 atom stereocenters. The maximum absolute atomic E-state index is 14.2. The van der Waals surface area contributed by atoms with Crippen molar-refractivity contribution >= 4 is 38.9 Å². The molecule has 1 heterocycles. The van der Waals surface area contributed by atoms with Gasteiger partial charge in [-0.05, 0) is 42.5 Å². The molecule has 7 nitrogen and oxygen atoms in total. The molecule has 35 heavy (non-hydrogen) atoms. The number of halogens is 2. The number of hydrogen-bond acceptors (Lipinski definition) is 5. The molecule has 3 aromatic rings. The van der Waals surface area contributed by atoms with Crippen molar-refractivity contribution in [2.75, 3.05) is 49.0 Å². The van der Waals surface area contributed by atoms with E-state index in [1.165, 1.54) is 31.4 Å². The van der Waals surface area contributed by atoms with Gasteiger partial charge in [-0.15, -0.1) is 0 Å². The third kappa shape index (κ3) is 5.36. The lowest BCUT2D eigenvalue weighted by Crippen LogP contribution is -2.52. The maximum Gasteiger partial charge on any atom is 0.264 e. The Bertz CT molecular complexity index is 1300. The molecular weight excluding hydrogens is 493 g/mol. The first kappa shape index (κ1) is 24.8. The molecule has 0 N–H and O–H groups in total. The standard InChI is InChI=1S/C25H25ClFN3O4S/c1-34-24-12-11-19(17-21(24)26)30(35(32,33)20-7-3-2-4-8-20)18-25(31)29-15-13-28(14-16-29)23-10-6-5-9-22(23)27/h2-12,17H,13-16,18H2,1H3. The van der Waals surface area contributed by atoms with Gasteiger partial charge < -0.3 is 14.5 Å². The molecule has 0 aliphatic carbocycles. The third-order valence-electron chi connectivity index (χ3n) is 5.86. The Kier molecular flexibility index (Phi) is 7.47. The Balaban J connectivity index is 1.56. The van der Waals surface area contributed by atoms with Gasteiger partial charge in [0.2, 0.25) is 5.91 Å². The van der Waals surface area contributed by atoms with Crippen LogP contribution >= 0.6 is 11.6 Å². The highest BCUT2D eigenvalue weighted by Crippen LogP contribution is 2.32. The van der Waals surface area contributed by atoms with E-state index in [0.29, 0.717) is 37.6 Å². The molecule has 1 fully saturated rings. The van der Waals surface area contributed by atoms with Crippen LogP contribution in [0.5, 0.6) is 5.75 Å². The molecule has 0 aromatic heterocycles. The topological polar surface area (TPSA) is 70.2 Å². The summed E-state index contributed by atoms with van der Waals surface area (Å²) in [7, 11) is -2.60. The van der Waals surface area contributed by atoms with E-state index < -0.39 is 16.6 Å². The lowest BCUT2D eigenvalue weighted by Gasteiger charge is -2.37. The van der Waals surface area contributed by atoms with E-state index in [0.717, 1.165) is 4.31 Å². The van der Waals surface area contributed by atoms with Crippen LogP contribution in [0.25, 0.3) is 0 Å².